The second-order valence-electron chi connectivity index (χ2n) is 6.64. The molecule has 0 saturated heterocycles. The van der Waals surface area contributed by atoms with E-state index in [0.717, 1.165) is 23.3 Å². The first-order valence-corrected chi connectivity index (χ1v) is 8.69. The lowest BCUT2D eigenvalue weighted by molar-refractivity contribution is -0.127. The lowest BCUT2D eigenvalue weighted by atomic mass is 10.0. The van der Waals surface area contributed by atoms with Crippen LogP contribution in [0.25, 0.3) is 0 Å². The summed E-state index contributed by atoms with van der Waals surface area (Å²) < 4.78 is 5.81. The Labute approximate surface area is 144 Å². The Bertz CT molecular complexity index is 738. The molecule has 1 aliphatic rings. The summed E-state index contributed by atoms with van der Waals surface area (Å²) in [4.78, 5) is 12.4. The van der Waals surface area contributed by atoms with Crippen molar-refractivity contribution in [3.63, 3.8) is 0 Å². The van der Waals surface area contributed by atoms with Gasteiger partial charge in [0.25, 0.3) is 5.91 Å². The first-order chi connectivity index (χ1) is 11.5. The van der Waals surface area contributed by atoms with Gasteiger partial charge in [-0.25, -0.2) is 0 Å². The Hall–Kier alpha value is -2.29. The number of fused-ring (bicyclic) bond motifs is 1. The standard InChI is InChI=1S/C21H25NO2/c1-14-7-4-5-10-20(14)24-16(3)21(23)22-15(2)18-12-11-17-8-6-9-19(17)13-18/h4-5,7,10-13,15-16H,6,8-9H2,1-3H3,(H,22,23)/t15-,16-/m1/s1. The van der Waals surface area contributed by atoms with Crippen molar-refractivity contribution in [2.24, 2.45) is 0 Å². The largest absolute Gasteiger partial charge is 0.481 e. The average molecular weight is 323 g/mol. The van der Waals surface area contributed by atoms with Crippen LogP contribution < -0.4 is 10.1 Å². The molecule has 0 fully saturated rings. The van der Waals surface area contributed by atoms with E-state index < -0.39 is 6.10 Å². The van der Waals surface area contributed by atoms with E-state index >= 15 is 0 Å². The number of hydrogen-bond acceptors (Lipinski definition) is 2. The number of aryl methyl sites for hydroxylation is 3. The van der Waals surface area contributed by atoms with Crippen molar-refractivity contribution in [3.8, 4) is 5.75 Å². The highest BCUT2D eigenvalue weighted by Gasteiger charge is 2.19. The molecule has 3 heteroatoms. The highest BCUT2D eigenvalue weighted by atomic mass is 16.5. The Balaban J connectivity index is 1.62. The molecular formula is C21H25NO2. The van der Waals surface area contributed by atoms with Crippen molar-refractivity contribution >= 4 is 5.91 Å². The van der Waals surface area contributed by atoms with Gasteiger partial charge >= 0.3 is 0 Å². The van der Waals surface area contributed by atoms with Crippen LogP contribution in [0.3, 0.4) is 0 Å². The molecule has 1 aliphatic carbocycles. The molecule has 0 heterocycles. The van der Waals surface area contributed by atoms with E-state index in [0.29, 0.717) is 0 Å². The monoisotopic (exact) mass is 323 g/mol. The fourth-order valence-corrected chi connectivity index (χ4v) is 3.21. The number of carbonyl (C=O) groups excluding carboxylic acids is 1. The van der Waals surface area contributed by atoms with Crippen molar-refractivity contribution in [2.45, 2.75) is 52.2 Å². The summed E-state index contributed by atoms with van der Waals surface area (Å²) in [5, 5.41) is 3.06. The Kier molecular flexibility index (Phi) is 4.89. The lowest BCUT2D eigenvalue weighted by Gasteiger charge is -2.20. The predicted octanol–water partition coefficient (Wildman–Crippen LogP) is 4.13. The second-order valence-corrected chi connectivity index (χ2v) is 6.64. The summed E-state index contributed by atoms with van der Waals surface area (Å²) in [5.74, 6) is 0.664. The highest BCUT2D eigenvalue weighted by Crippen LogP contribution is 2.25. The van der Waals surface area contributed by atoms with Crippen molar-refractivity contribution in [1.29, 1.82) is 0 Å². The van der Waals surface area contributed by atoms with Crippen LogP contribution in [0.1, 0.15) is 48.6 Å². The third kappa shape index (κ3) is 3.61. The van der Waals surface area contributed by atoms with Gasteiger partial charge in [-0.1, -0.05) is 36.4 Å². The summed E-state index contributed by atoms with van der Waals surface area (Å²) in [6.45, 7) is 5.79. The van der Waals surface area contributed by atoms with Crippen molar-refractivity contribution in [3.05, 3.63) is 64.7 Å². The number of nitrogens with one attached hydrogen (secondary N) is 1. The highest BCUT2D eigenvalue weighted by molar-refractivity contribution is 5.81. The Morgan fingerprint density at radius 1 is 1.08 bits per heavy atom. The minimum atomic E-state index is -0.525. The van der Waals surface area contributed by atoms with Gasteiger partial charge in [0.1, 0.15) is 5.75 Å². The van der Waals surface area contributed by atoms with Gasteiger partial charge in [0, 0.05) is 0 Å². The van der Waals surface area contributed by atoms with E-state index in [4.69, 9.17) is 4.74 Å². The fourth-order valence-electron chi connectivity index (χ4n) is 3.21. The number of para-hydroxylation sites is 1. The summed E-state index contributed by atoms with van der Waals surface area (Å²) in [6.07, 6.45) is 3.04. The quantitative estimate of drug-likeness (QED) is 0.898. The molecule has 0 radical (unpaired) electrons. The number of amides is 1. The normalized spacial score (nSPS) is 15.5. The smallest absolute Gasteiger partial charge is 0.261 e. The van der Waals surface area contributed by atoms with Gasteiger partial charge in [0.15, 0.2) is 6.10 Å². The zero-order valence-electron chi connectivity index (χ0n) is 14.6. The topological polar surface area (TPSA) is 38.3 Å². The second kappa shape index (κ2) is 7.08. The molecule has 126 valence electrons. The predicted molar refractivity (Wildman–Crippen MR) is 96.3 cm³/mol. The summed E-state index contributed by atoms with van der Waals surface area (Å²) >= 11 is 0. The molecule has 0 saturated carbocycles. The van der Waals surface area contributed by atoms with Crippen molar-refractivity contribution < 1.29 is 9.53 Å². The van der Waals surface area contributed by atoms with Crippen molar-refractivity contribution in [2.75, 3.05) is 0 Å². The van der Waals surface area contributed by atoms with Gasteiger partial charge in [-0.05, 0) is 68.4 Å². The maximum Gasteiger partial charge on any atom is 0.261 e. The lowest BCUT2D eigenvalue weighted by Crippen LogP contribution is -2.37. The molecule has 1 amide bonds. The number of carbonyl (C=O) groups is 1. The van der Waals surface area contributed by atoms with Gasteiger partial charge in [-0.15, -0.1) is 0 Å². The first-order valence-electron chi connectivity index (χ1n) is 8.69. The van der Waals surface area contributed by atoms with Crippen LogP contribution in [0.2, 0.25) is 0 Å². The molecule has 1 N–H and O–H groups in total. The molecule has 0 unspecified atom stereocenters. The van der Waals surface area contributed by atoms with Gasteiger partial charge < -0.3 is 10.1 Å². The number of benzene rings is 2. The zero-order chi connectivity index (χ0) is 17.1. The molecule has 0 spiro atoms. The first kappa shape index (κ1) is 16.6. The van der Waals surface area contributed by atoms with Crippen LogP contribution in [-0.4, -0.2) is 12.0 Å². The molecule has 2 aromatic carbocycles. The van der Waals surface area contributed by atoms with E-state index in [2.05, 4.69) is 23.5 Å². The van der Waals surface area contributed by atoms with Crippen LogP contribution in [0.5, 0.6) is 5.75 Å². The third-order valence-electron chi connectivity index (χ3n) is 4.75. The van der Waals surface area contributed by atoms with Gasteiger partial charge in [0.2, 0.25) is 0 Å². The number of rotatable bonds is 5. The van der Waals surface area contributed by atoms with Gasteiger partial charge in [-0.2, -0.15) is 0 Å². The molecule has 24 heavy (non-hydrogen) atoms. The summed E-state index contributed by atoms with van der Waals surface area (Å²) in [5.41, 5.74) is 5.07. The molecule has 0 aliphatic heterocycles. The Morgan fingerprint density at radius 3 is 2.62 bits per heavy atom. The minimum Gasteiger partial charge on any atom is -0.481 e. The van der Waals surface area contributed by atoms with Crippen LogP contribution in [0, 0.1) is 6.92 Å². The van der Waals surface area contributed by atoms with E-state index in [1.165, 1.54) is 24.0 Å². The van der Waals surface area contributed by atoms with Crippen LogP contribution in [0.4, 0.5) is 0 Å². The maximum absolute atomic E-state index is 12.4. The van der Waals surface area contributed by atoms with Crippen LogP contribution in [-0.2, 0) is 17.6 Å². The SMILES string of the molecule is Cc1ccccc1O[C@H](C)C(=O)N[C@H](C)c1ccc2c(c1)CCC2. The van der Waals surface area contributed by atoms with E-state index in [1.54, 1.807) is 6.92 Å². The molecule has 0 bridgehead atoms. The van der Waals surface area contributed by atoms with Crippen molar-refractivity contribution in [1.82, 2.24) is 5.32 Å². The molecule has 3 rings (SSSR count). The maximum atomic E-state index is 12.4. The number of hydrogen-bond donors (Lipinski definition) is 1. The number of ether oxygens (including phenoxy) is 1. The van der Waals surface area contributed by atoms with Crippen LogP contribution >= 0.6 is 0 Å². The van der Waals surface area contributed by atoms with E-state index in [1.807, 2.05) is 38.1 Å². The molecule has 2 aromatic rings. The molecular weight excluding hydrogens is 298 g/mol. The summed E-state index contributed by atoms with van der Waals surface area (Å²) in [7, 11) is 0. The van der Waals surface area contributed by atoms with E-state index in [9.17, 15) is 4.79 Å². The average Bonchev–Trinajstić information content (AvgIpc) is 3.04. The fraction of sp³-hybridized carbons (Fsp3) is 0.381. The van der Waals surface area contributed by atoms with Gasteiger partial charge in [-0.3, -0.25) is 4.79 Å². The Morgan fingerprint density at radius 2 is 1.83 bits per heavy atom. The van der Waals surface area contributed by atoms with E-state index in [-0.39, 0.29) is 11.9 Å². The molecule has 3 nitrogen and oxygen atoms in total. The molecule has 2 atom stereocenters. The minimum absolute atomic E-state index is 0.0219. The molecule has 0 aromatic heterocycles. The van der Waals surface area contributed by atoms with Crippen LogP contribution in [0.15, 0.2) is 42.5 Å². The van der Waals surface area contributed by atoms with Gasteiger partial charge in [0.05, 0.1) is 6.04 Å². The third-order valence-corrected chi connectivity index (χ3v) is 4.75. The summed E-state index contributed by atoms with van der Waals surface area (Å²) in [6, 6.07) is 14.3. The zero-order valence-corrected chi connectivity index (χ0v) is 14.6.